The van der Waals surface area contributed by atoms with E-state index < -0.39 is 0 Å². The van der Waals surface area contributed by atoms with E-state index in [1.165, 1.54) is 16.9 Å². The Kier molecular flexibility index (Phi) is 6.30. The van der Waals surface area contributed by atoms with Gasteiger partial charge in [-0.2, -0.15) is 0 Å². The molecule has 0 unspecified atom stereocenters. The number of nitrogens with zero attached hydrogens (tertiary/aromatic N) is 2. The van der Waals surface area contributed by atoms with Crippen molar-refractivity contribution in [2.75, 3.05) is 11.4 Å². The first-order chi connectivity index (χ1) is 12.5. The molecule has 2 aromatic carbocycles. The molecule has 0 saturated heterocycles. The van der Waals surface area contributed by atoms with E-state index in [4.69, 9.17) is 23.2 Å². The Hall–Kier alpha value is -1.88. The second kappa shape index (κ2) is 8.67. The lowest BCUT2D eigenvalue weighted by atomic mass is 10.1. The Morgan fingerprint density at radius 1 is 1.08 bits per heavy atom. The molecule has 0 spiro atoms. The molecule has 0 amide bonds. The highest BCUT2D eigenvalue weighted by Gasteiger charge is 2.15. The first kappa shape index (κ1) is 18.9. The highest BCUT2D eigenvalue weighted by Crippen LogP contribution is 2.27. The Bertz CT molecular complexity index is 893. The number of hydrogen-bond donors (Lipinski definition) is 0. The predicted octanol–water partition coefficient (Wildman–Crippen LogP) is 5.82. The van der Waals surface area contributed by atoms with Crippen molar-refractivity contribution in [2.24, 2.45) is 0 Å². The van der Waals surface area contributed by atoms with E-state index in [2.05, 4.69) is 9.88 Å². The quantitative estimate of drug-likeness (QED) is 0.465. The van der Waals surface area contributed by atoms with Gasteiger partial charge in [0.1, 0.15) is 5.69 Å². The summed E-state index contributed by atoms with van der Waals surface area (Å²) < 4.78 is 0. The number of aldehydes is 1. The van der Waals surface area contributed by atoms with E-state index in [1.807, 2.05) is 55.5 Å². The van der Waals surface area contributed by atoms with Crippen LogP contribution in [0.2, 0.25) is 10.0 Å². The van der Waals surface area contributed by atoms with Gasteiger partial charge in [-0.1, -0.05) is 47.5 Å². The van der Waals surface area contributed by atoms with Crippen molar-refractivity contribution >= 4 is 46.0 Å². The summed E-state index contributed by atoms with van der Waals surface area (Å²) in [5.41, 5.74) is 2.82. The van der Waals surface area contributed by atoms with E-state index in [-0.39, 0.29) is 0 Å². The van der Waals surface area contributed by atoms with Crippen LogP contribution in [0.3, 0.4) is 0 Å². The smallest absolute Gasteiger partial charge is 0.186 e. The lowest BCUT2D eigenvalue weighted by molar-refractivity contribution is 0.111. The lowest BCUT2D eigenvalue weighted by Gasteiger charge is -2.22. The molecule has 1 aromatic heterocycles. The fraction of sp³-hybridized carbons (Fsp3) is 0.200. The van der Waals surface area contributed by atoms with E-state index >= 15 is 0 Å². The largest absolute Gasteiger partial charge is 0.343 e. The number of aromatic nitrogens is 1. The molecule has 0 radical (unpaired) electrons. The van der Waals surface area contributed by atoms with Crippen molar-refractivity contribution in [3.05, 3.63) is 80.3 Å². The van der Waals surface area contributed by atoms with Crippen LogP contribution in [0, 0.1) is 6.92 Å². The maximum atomic E-state index is 11.2. The van der Waals surface area contributed by atoms with Crippen LogP contribution in [-0.4, -0.2) is 17.8 Å². The molecule has 0 bridgehead atoms. The van der Waals surface area contributed by atoms with E-state index in [0.29, 0.717) is 17.3 Å². The molecule has 0 aliphatic rings. The topological polar surface area (TPSA) is 33.2 Å². The number of rotatable bonds is 7. The van der Waals surface area contributed by atoms with Crippen molar-refractivity contribution in [1.29, 1.82) is 0 Å². The number of anilines is 1. The molecule has 6 heteroatoms. The highest BCUT2D eigenvalue weighted by molar-refractivity contribution is 7.15. The van der Waals surface area contributed by atoms with Crippen molar-refractivity contribution in [2.45, 2.75) is 19.9 Å². The van der Waals surface area contributed by atoms with Crippen LogP contribution in [0.25, 0.3) is 0 Å². The summed E-state index contributed by atoms with van der Waals surface area (Å²) in [6.07, 6.45) is 1.67. The number of thiazole rings is 1. The third-order valence-electron chi connectivity index (χ3n) is 4.05. The molecule has 0 aliphatic heterocycles. The average Bonchev–Trinajstić information content (AvgIpc) is 3.01. The van der Waals surface area contributed by atoms with Gasteiger partial charge >= 0.3 is 0 Å². The van der Waals surface area contributed by atoms with Gasteiger partial charge in [-0.15, -0.1) is 11.3 Å². The van der Waals surface area contributed by atoms with Gasteiger partial charge in [-0.25, -0.2) is 4.98 Å². The fourth-order valence-corrected chi connectivity index (χ4v) is 3.89. The average molecular weight is 405 g/mol. The van der Waals surface area contributed by atoms with Crippen LogP contribution in [0.5, 0.6) is 0 Å². The Labute approximate surface area is 167 Å². The number of hydrogen-bond acceptors (Lipinski definition) is 4. The zero-order chi connectivity index (χ0) is 18.5. The van der Waals surface area contributed by atoms with Crippen LogP contribution in [-0.2, 0) is 13.0 Å². The fourth-order valence-electron chi connectivity index (χ4n) is 2.65. The summed E-state index contributed by atoms with van der Waals surface area (Å²) in [5, 5.41) is 2.29. The SMILES string of the molecule is Cc1sc(N(CCc2ccc(Cl)cc2)Cc2cccc(Cl)c2)nc1C=O. The molecule has 0 atom stereocenters. The standard InChI is InChI=1S/C20H18Cl2N2OS/c1-14-19(13-25)23-20(26-14)24(12-16-3-2-4-18(22)11-16)10-9-15-5-7-17(21)8-6-15/h2-8,11,13H,9-10,12H2,1H3. The molecule has 26 heavy (non-hydrogen) atoms. The van der Waals surface area contributed by atoms with Crippen LogP contribution >= 0.6 is 34.5 Å². The Morgan fingerprint density at radius 2 is 1.85 bits per heavy atom. The van der Waals surface area contributed by atoms with Gasteiger partial charge in [0.25, 0.3) is 0 Å². The van der Waals surface area contributed by atoms with Gasteiger partial charge in [0, 0.05) is 28.0 Å². The Morgan fingerprint density at radius 3 is 2.50 bits per heavy atom. The number of aryl methyl sites for hydroxylation is 1. The molecule has 0 saturated carbocycles. The minimum Gasteiger partial charge on any atom is -0.343 e. The highest BCUT2D eigenvalue weighted by atomic mass is 35.5. The second-order valence-corrected chi connectivity index (χ2v) is 8.04. The van der Waals surface area contributed by atoms with Crippen molar-refractivity contribution in [1.82, 2.24) is 4.98 Å². The van der Waals surface area contributed by atoms with Gasteiger partial charge in [-0.3, -0.25) is 4.79 Å². The summed E-state index contributed by atoms with van der Waals surface area (Å²) in [4.78, 5) is 18.8. The molecule has 1 heterocycles. The molecular formula is C20H18Cl2N2OS. The maximum Gasteiger partial charge on any atom is 0.186 e. The lowest BCUT2D eigenvalue weighted by Crippen LogP contribution is -2.25. The van der Waals surface area contributed by atoms with Gasteiger partial charge in [0.2, 0.25) is 0 Å². The molecule has 0 N–H and O–H groups in total. The zero-order valence-corrected chi connectivity index (χ0v) is 16.6. The summed E-state index contributed by atoms with van der Waals surface area (Å²) in [5.74, 6) is 0. The molecule has 3 nitrogen and oxygen atoms in total. The van der Waals surface area contributed by atoms with Crippen LogP contribution in [0.15, 0.2) is 48.5 Å². The maximum absolute atomic E-state index is 11.2. The van der Waals surface area contributed by atoms with Gasteiger partial charge in [-0.05, 0) is 48.7 Å². The van der Waals surface area contributed by atoms with E-state index in [0.717, 1.165) is 39.8 Å². The molecule has 134 valence electrons. The summed E-state index contributed by atoms with van der Waals surface area (Å²) >= 11 is 13.6. The number of halogens is 2. The van der Waals surface area contributed by atoms with Gasteiger partial charge < -0.3 is 4.90 Å². The third kappa shape index (κ3) is 4.85. The number of carbonyl (C=O) groups is 1. The third-order valence-corrected chi connectivity index (χ3v) is 5.58. The van der Waals surface area contributed by atoms with Crippen LogP contribution in [0.4, 0.5) is 5.13 Å². The van der Waals surface area contributed by atoms with Crippen molar-refractivity contribution < 1.29 is 4.79 Å². The second-order valence-electron chi connectivity index (χ2n) is 5.98. The first-order valence-corrected chi connectivity index (χ1v) is 9.79. The van der Waals surface area contributed by atoms with Crippen LogP contribution < -0.4 is 4.90 Å². The summed E-state index contributed by atoms with van der Waals surface area (Å²) in [6.45, 7) is 3.38. The monoisotopic (exact) mass is 404 g/mol. The van der Waals surface area contributed by atoms with Gasteiger partial charge in [0.05, 0.1) is 0 Å². The minimum absolute atomic E-state index is 0.507. The first-order valence-electron chi connectivity index (χ1n) is 8.21. The van der Waals surface area contributed by atoms with E-state index in [9.17, 15) is 4.79 Å². The minimum atomic E-state index is 0.507. The van der Waals surface area contributed by atoms with E-state index in [1.54, 1.807) is 0 Å². The van der Waals surface area contributed by atoms with Gasteiger partial charge in [0.15, 0.2) is 11.4 Å². The number of benzene rings is 2. The Balaban J connectivity index is 1.82. The normalized spacial score (nSPS) is 10.7. The summed E-state index contributed by atoms with van der Waals surface area (Å²) in [7, 11) is 0. The molecule has 0 aliphatic carbocycles. The zero-order valence-electron chi connectivity index (χ0n) is 14.3. The van der Waals surface area contributed by atoms with Crippen molar-refractivity contribution in [3.63, 3.8) is 0 Å². The molecule has 3 aromatic rings. The predicted molar refractivity (Wildman–Crippen MR) is 110 cm³/mol. The molecule has 3 rings (SSSR count). The molecule has 0 fully saturated rings. The van der Waals surface area contributed by atoms with Crippen LogP contribution in [0.1, 0.15) is 26.5 Å². The summed E-state index contributed by atoms with van der Waals surface area (Å²) in [6, 6.07) is 15.7. The van der Waals surface area contributed by atoms with Crippen molar-refractivity contribution in [3.8, 4) is 0 Å². The number of carbonyl (C=O) groups excluding carboxylic acids is 1. The molecular weight excluding hydrogens is 387 g/mol.